The maximum absolute atomic E-state index is 13.5. The zero-order valence-corrected chi connectivity index (χ0v) is 17.4. The first kappa shape index (κ1) is 20.1. The van der Waals surface area contributed by atoms with E-state index in [-0.39, 0.29) is 23.1 Å². The van der Waals surface area contributed by atoms with Crippen LogP contribution in [0.3, 0.4) is 0 Å². The highest BCUT2D eigenvalue weighted by atomic mass is 19.1. The highest BCUT2D eigenvalue weighted by Gasteiger charge is 2.58. The molecule has 1 aliphatic rings. The SMILES string of the molecule is Cc1ncc(CC[C@@]2(c3ccccc3)CC2C(=O)Nc2cc(C)c(F)cn2)c(C)n1. The number of amides is 1. The van der Waals surface area contributed by atoms with Crippen LogP contribution in [0.5, 0.6) is 0 Å². The minimum Gasteiger partial charge on any atom is -0.310 e. The average molecular weight is 404 g/mol. The van der Waals surface area contributed by atoms with E-state index in [1.165, 1.54) is 5.56 Å². The third-order valence-electron chi connectivity index (χ3n) is 6.08. The Morgan fingerprint density at radius 2 is 1.93 bits per heavy atom. The fourth-order valence-electron chi connectivity index (χ4n) is 4.19. The lowest BCUT2D eigenvalue weighted by molar-refractivity contribution is -0.117. The summed E-state index contributed by atoms with van der Waals surface area (Å²) in [5.74, 6) is 0.539. The molecule has 1 aliphatic carbocycles. The summed E-state index contributed by atoms with van der Waals surface area (Å²) in [4.78, 5) is 25.8. The lowest BCUT2D eigenvalue weighted by atomic mass is 9.86. The van der Waals surface area contributed by atoms with Crippen molar-refractivity contribution in [1.82, 2.24) is 15.0 Å². The normalized spacial score (nSPS) is 20.1. The molecule has 30 heavy (non-hydrogen) atoms. The molecule has 154 valence electrons. The van der Waals surface area contributed by atoms with Crippen LogP contribution in [0.2, 0.25) is 0 Å². The van der Waals surface area contributed by atoms with Crippen molar-refractivity contribution in [2.45, 2.75) is 45.4 Å². The van der Waals surface area contributed by atoms with Crippen molar-refractivity contribution in [1.29, 1.82) is 0 Å². The van der Waals surface area contributed by atoms with Crippen molar-refractivity contribution in [3.63, 3.8) is 0 Å². The van der Waals surface area contributed by atoms with Crippen LogP contribution in [0.15, 0.2) is 48.8 Å². The van der Waals surface area contributed by atoms with Crippen molar-refractivity contribution >= 4 is 11.7 Å². The maximum atomic E-state index is 13.5. The molecule has 1 unspecified atom stereocenters. The van der Waals surface area contributed by atoms with Gasteiger partial charge in [0.2, 0.25) is 5.91 Å². The lowest BCUT2D eigenvalue weighted by Gasteiger charge is -2.19. The minimum atomic E-state index is -0.381. The fraction of sp³-hybridized carbons (Fsp3) is 0.333. The summed E-state index contributed by atoms with van der Waals surface area (Å²) in [6.07, 6.45) is 5.44. The molecule has 0 radical (unpaired) electrons. The van der Waals surface area contributed by atoms with Crippen molar-refractivity contribution < 1.29 is 9.18 Å². The maximum Gasteiger partial charge on any atom is 0.229 e. The van der Waals surface area contributed by atoms with Crippen LogP contribution in [-0.2, 0) is 16.6 Å². The summed E-state index contributed by atoms with van der Waals surface area (Å²) in [7, 11) is 0. The van der Waals surface area contributed by atoms with E-state index in [9.17, 15) is 9.18 Å². The Balaban J connectivity index is 1.54. The molecule has 0 saturated heterocycles. The zero-order chi connectivity index (χ0) is 21.3. The molecule has 0 bridgehead atoms. The Morgan fingerprint density at radius 1 is 1.17 bits per heavy atom. The van der Waals surface area contributed by atoms with Crippen LogP contribution in [0.4, 0.5) is 10.2 Å². The summed E-state index contributed by atoms with van der Waals surface area (Å²) in [6.45, 7) is 5.54. The van der Waals surface area contributed by atoms with Gasteiger partial charge in [0.25, 0.3) is 0 Å². The topological polar surface area (TPSA) is 67.8 Å². The van der Waals surface area contributed by atoms with E-state index in [0.29, 0.717) is 11.4 Å². The van der Waals surface area contributed by atoms with Crippen LogP contribution in [0.1, 0.15) is 41.1 Å². The number of pyridine rings is 1. The fourth-order valence-corrected chi connectivity index (χ4v) is 4.19. The minimum absolute atomic E-state index is 0.0748. The molecule has 1 amide bonds. The van der Waals surface area contributed by atoms with E-state index in [1.807, 2.05) is 38.2 Å². The zero-order valence-electron chi connectivity index (χ0n) is 17.4. The average Bonchev–Trinajstić information content (AvgIpc) is 3.47. The number of nitrogens with one attached hydrogen (secondary N) is 1. The van der Waals surface area contributed by atoms with E-state index in [4.69, 9.17) is 0 Å². The van der Waals surface area contributed by atoms with Crippen molar-refractivity contribution in [2.75, 3.05) is 5.32 Å². The van der Waals surface area contributed by atoms with Gasteiger partial charge >= 0.3 is 0 Å². The number of hydrogen-bond donors (Lipinski definition) is 1. The number of rotatable bonds is 6. The molecule has 4 rings (SSSR count). The van der Waals surface area contributed by atoms with Crippen LogP contribution < -0.4 is 5.32 Å². The number of halogens is 1. The Bertz CT molecular complexity index is 1090. The monoisotopic (exact) mass is 404 g/mol. The number of hydrogen-bond acceptors (Lipinski definition) is 4. The molecule has 1 saturated carbocycles. The summed E-state index contributed by atoms with van der Waals surface area (Å²) in [5, 5.41) is 2.87. The van der Waals surface area contributed by atoms with Crippen molar-refractivity contribution in [2.24, 2.45) is 5.92 Å². The number of benzene rings is 1. The third-order valence-corrected chi connectivity index (χ3v) is 6.08. The van der Waals surface area contributed by atoms with Gasteiger partial charge in [-0.05, 0) is 62.8 Å². The number of carbonyl (C=O) groups excluding carboxylic acids is 1. The van der Waals surface area contributed by atoms with Crippen LogP contribution >= 0.6 is 0 Å². The predicted molar refractivity (Wildman–Crippen MR) is 114 cm³/mol. The van der Waals surface area contributed by atoms with Gasteiger partial charge in [-0.2, -0.15) is 0 Å². The predicted octanol–water partition coefficient (Wildman–Crippen LogP) is 4.47. The summed E-state index contributed by atoms with van der Waals surface area (Å²) >= 11 is 0. The van der Waals surface area contributed by atoms with E-state index < -0.39 is 0 Å². The first-order chi connectivity index (χ1) is 14.4. The van der Waals surface area contributed by atoms with Gasteiger partial charge in [-0.25, -0.2) is 19.3 Å². The molecule has 2 aromatic heterocycles. The Labute approximate surface area is 175 Å². The molecule has 6 heteroatoms. The second-order valence-electron chi connectivity index (χ2n) is 8.11. The van der Waals surface area contributed by atoms with Gasteiger partial charge in [-0.3, -0.25) is 4.79 Å². The van der Waals surface area contributed by atoms with Crippen molar-refractivity contribution in [3.05, 3.63) is 82.8 Å². The highest BCUT2D eigenvalue weighted by Crippen LogP contribution is 2.57. The van der Waals surface area contributed by atoms with E-state index >= 15 is 0 Å². The summed E-state index contributed by atoms with van der Waals surface area (Å²) < 4.78 is 13.5. The van der Waals surface area contributed by atoms with Gasteiger partial charge < -0.3 is 5.32 Å². The molecular weight excluding hydrogens is 379 g/mol. The Morgan fingerprint density at radius 3 is 2.63 bits per heavy atom. The molecule has 1 aromatic carbocycles. The first-order valence-electron chi connectivity index (χ1n) is 10.2. The molecule has 1 fully saturated rings. The van der Waals surface area contributed by atoms with Crippen LogP contribution in [0, 0.1) is 32.5 Å². The molecule has 0 aliphatic heterocycles. The van der Waals surface area contributed by atoms with Crippen molar-refractivity contribution in [3.8, 4) is 0 Å². The number of nitrogens with zero attached hydrogens (tertiary/aromatic N) is 3. The molecular formula is C24H25FN4O. The Hall–Kier alpha value is -3.15. The summed E-state index contributed by atoms with van der Waals surface area (Å²) in [5.41, 5.74) is 3.49. The molecule has 2 heterocycles. The van der Waals surface area contributed by atoms with E-state index in [2.05, 4.69) is 32.4 Å². The van der Waals surface area contributed by atoms with E-state index in [0.717, 1.165) is 42.5 Å². The van der Waals surface area contributed by atoms with E-state index in [1.54, 1.807) is 13.0 Å². The lowest BCUT2D eigenvalue weighted by Crippen LogP contribution is -2.22. The Kier molecular flexibility index (Phi) is 5.33. The third kappa shape index (κ3) is 3.95. The van der Waals surface area contributed by atoms with Gasteiger partial charge in [0.1, 0.15) is 17.5 Å². The van der Waals surface area contributed by atoms with Gasteiger partial charge in [0, 0.05) is 23.2 Å². The van der Waals surface area contributed by atoms with Gasteiger partial charge in [0.15, 0.2) is 0 Å². The molecule has 3 aromatic rings. The van der Waals surface area contributed by atoms with Crippen LogP contribution in [0.25, 0.3) is 0 Å². The molecule has 5 nitrogen and oxygen atoms in total. The van der Waals surface area contributed by atoms with Gasteiger partial charge in [-0.1, -0.05) is 30.3 Å². The quantitative estimate of drug-likeness (QED) is 0.658. The first-order valence-corrected chi connectivity index (χ1v) is 10.2. The second kappa shape index (κ2) is 7.94. The highest BCUT2D eigenvalue weighted by molar-refractivity contribution is 5.95. The molecule has 1 N–H and O–H groups in total. The van der Waals surface area contributed by atoms with Gasteiger partial charge in [0.05, 0.1) is 6.20 Å². The molecule has 2 atom stereocenters. The largest absolute Gasteiger partial charge is 0.310 e. The van der Waals surface area contributed by atoms with Crippen LogP contribution in [-0.4, -0.2) is 20.9 Å². The number of anilines is 1. The summed E-state index contributed by atoms with van der Waals surface area (Å²) in [6, 6.07) is 11.7. The van der Waals surface area contributed by atoms with Gasteiger partial charge in [-0.15, -0.1) is 0 Å². The second-order valence-corrected chi connectivity index (χ2v) is 8.11. The smallest absolute Gasteiger partial charge is 0.229 e. The number of carbonyl (C=O) groups is 1. The molecule has 0 spiro atoms. The number of aryl methyl sites for hydroxylation is 4. The number of aromatic nitrogens is 3. The standard InChI is InChI=1S/C24H25FN4O/c1-15-11-22(27-14-21(15)25)29-23(30)20-12-24(20,19-7-5-4-6-8-19)10-9-18-13-26-17(3)28-16(18)2/h4-8,11,13-14,20H,9-10,12H2,1-3H3,(H,27,29,30)/t20?,24-/m0/s1.